The number of amides is 4. The Bertz CT molecular complexity index is 824. The van der Waals surface area contributed by atoms with Crippen LogP contribution in [0.3, 0.4) is 0 Å². The third-order valence-electron chi connectivity index (χ3n) is 4.38. The van der Waals surface area contributed by atoms with Crippen LogP contribution in [0, 0.1) is 5.82 Å². The number of aryl methyl sites for hydroxylation is 1. The lowest BCUT2D eigenvalue weighted by molar-refractivity contribution is -0.132. The van der Waals surface area contributed by atoms with Gasteiger partial charge in [-0.3, -0.25) is 14.5 Å². The van der Waals surface area contributed by atoms with Crippen LogP contribution >= 0.6 is 0 Å². The molecule has 1 heterocycles. The number of rotatable bonds is 7. The number of carbonyl (C=O) groups excluding carboxylic acids is 3. The van der Waals surface area contributed by atoms with Crippen molar-refractivity contribution < 1.29 is 18.8 Å². The van der Waals surface area contributed by atoms with Crippen LogP contribution in [0.25, 0.3) is 0 Å². The lowest BCUT2D eigenvalue weighted by atomic mass is 10.1. The van der Waals surface area contributed by atoms with E-state index in [-0.39, 0.29) is 18.9 Å². The van der Waals surface area contributed by atoms with Crippen LogP contribution in [0.15, 0.2) is 54.6 Å². The van der Waals surface area contributed by atoms with Gasteiger partial charge in [-0.15, -0.1) is 0 Å². The molecule has 0 aromatic heterocycles. The molecule has 3 rings (SSSR count). The van der Waals surface area contributed by atoms with Crippen LogP contribution in [-0.4, -0.2) is 35.3 Å². The van der Waals surface area contributed by atoms with Gasteiger partial charge in [0.25, 0.3) is 5.91 Å². The van der Waals surface area contributed by atoms with E-state index in [0.29, 0.717) is 12.8 Å². The maximum Gasteiger partial charge on any atom is 0.325 e. The molecule has 4 amide bonds. The lowest BCUT2D eigenvalue weighted by Gasteiger charge is -2.13. The first-order valence-electron chi connectivity index (χ1n) is 8.70. The first-order valence-corrected chi connectivity index (χ1v) is 8.70. The summed E-state index contributed by atoms with van der Waals surface area (Å²) >= 11 is 0. The Morgan fingerprint density at radius 1 is 1.04 bits per heavy atom. The van der Waals surface area contributed by atoms with Crippen molar-refractivity contribution in [3.63, 3.8) is 0 Å². The van der Waals surface area contributed by atoms with E-state index in [2.05, 4.69) is 10.6 Å². The predicted molar refractivity (Wildman–Crippen MR) is 97.0 cm³/mol. The molecule has 1 atom stereocenters. The fourth-order valence-corrected chi connectivity index (χ4v) is 2.88. The summed E-state index contributed by atoms with van der Waals surface area (Å²) in [6, 6.07) is 14.2. The molecule has 140 valence electrons. The van der Waals surface area contributed by atoms with Crippen molar-refractivity contribution in [2.75, 3.05) is 6.54 Å². The smallest absolute Gasteiger partial charge is 0.325 e. The quantitative estimate of drug-likeness (QED) is 0.733. The van der Waals surface area contributed by atoms with Crippen LogP contribution in [0.1, 0.15) is 17.5 Å². The first-order chi connectivity index (χ1) is 13.0. The summed E-state index contributed by atoms with van der Waals surface area (Å²) in [5.74, 6) is -1.20. The molecule has 1 fully saturated rings. The predicted octanol–water partition coefficient (Wildman–Crippen LogP) is 2.00. The molecule has 1 aliphatic heterocycles. The maximum absolute atomic E-state index is 12.9. The number of nitrogens with one attached hydrogen (secondary N) is 2. The Hall–Kier alpha value is -3.22. The molecule has 2 aromatic rings. The second kappa shape index (κ2) is 8.44. The van der Waals surface area contributed by atoms with E-state index in [4.69, 9.17) is 0 Å². The van der Waals surface area contributed by atoms with E-state index >= 15 is 0 Å². The molecule has 0 aliphatic carbocycles. The molecule has 0 saturated carbocycles. The minimum atomic E-state index is -0.623. The molecule has 0 radical (unpaired) electrons. The van der Waals surface area contributed by atoms with Crippen molar-refractivity contribution in [3.05, 3.63) is 71.5 Å². The molecular weight excluding hydrogens is 349 g/mol. The highest BCUT2D eigenvalue weighted by molar-refractivity contribution is 6.06. The van der Waals surface area contributed by atoms with Gasteiger partial charge in [0.15, 0.2) is 0 Å². The summed E-state index contributed by atoms with van der Waals surface area (Å²) in [4.78, 5) is 37.4. The highest BCUT2D eigenvalue weighted by Crippen LogP contribution is 2.13. The number of nitrogens with zero attached hydrogens (tertiary/aromatic N) is 1. The summed E-state index contributed by atoms with van der Waals surface area (Å²) in [5, 5.41) is 5.25. The summed E-state index contributed by atoms with van der Waals surface area (Å²) in [5.41, 5.74) is 1.80. The summed E-state index contributed by atoms with van der Waals surface area (Å²) < 4.78 is 12.9. The molecule has 6 nitrogen and oxygen atoms in total. The highest BCUT2D eigenvalue weighted by atomic mass is 19.1. The molecule has 2 N–H and O–H groups in total. The van der Waals surface area contributed by atoms with E-state index in [0.717, 1.165) is 16.0 Å². The zero-order chi connectivity index (χ0) is 19.2. The van der Waals surface area contributed by atoms with Crippen molar-refractivity contribution in [3.8, 4) is 0 Å². The SMILES string of the molecule is O=C(CN1C(=O)N[C@@H](CCc2ccccc2)C1=O)NCc1ccc(F)cc1. The van der Waals surface area contributed by atoms with Gasteiger partial charge in [-0.1, -0.05) is 42.5 Å². The van der Waals surface area contributed by atoms with Crippen LogP contribution in [0.2, 0.25) is 0 Å². The number of halogens is 1. The largest absolute Gasteiger partial charge is 0.350 e. The average molecular weight is 369 g/mol. The van der Waals surface area contributed by atoms with Crippen molar-refractivity contribution in [1.29, 1.82) is 0 Å². The third-order valence-corrected chi connectivity index (χ3v) is 4.38. The van der Waals surface area contributed by atoms with Crippen LogP contribution in [0.4, 0.5) is 9.18 Å². The normalized spacial score (nSPS) is 16.3. The Balaban J connectivity index is 1.49. The topological polar surface area (TPSA) is 78.5 Å². The van der Waals surface area contributed by atoms with Crippen LogP contribution in [-0.2, 0) is 22.6 Å². The number of urea groups is 1. The Kier molecular flexibility index (Phi) is 5.80. The fraction of sp³-hybridized carbons (Fsp3) is 0.250. The van der Waals surface area contributed by atoms with Gasteiger partial charge in [0.1, 0.15) is 18.4 Å². The van der Waals surface area contributed by atoms with Crippen LogP contribution < -0.4 is 10.6 Å². The van der Waals surface area contributed by atoms with Crippen molar-refractivity contribution in [1.82, 2.24) is 15.5 Å². The number of imide groups is 1. The second-order valence-electron chi connectivity index (χ2n) is 6.35. The van der Waals surface area contributed by atoms with Gasteiger partial charge in [0.2, 0.25) is 5.91 Å². The number of carbonyl (C=O) groups is 3. The zero-order valence-corrected chi connectivity index (χ0v) is 14.7. The molecule has 1 aliphatic rings. The fourth-order valence-electron chi connectivity index (χ4n) is 2.88. The van der Waals surface area contributed by atoms with E-state index in [1.807, 2.05) is 30.3 Å². The first kappa shape index (κ1) is 18.6. The maximum atomic E-state index is 12.9. The molecule has 1 saturated heterocycles. The Labute approximate surface area is 156 Å². The van der Waals surface area contributed by atoms with Gasteiger partial charge in [0.05, 0.1) is 0 Å². The van der Waals surface area contributed by atoms with Gasteiger partial charge in [-0.25, -0.2) is 9.18 Å². The average Bonchev–Trinajstić information content (AvgIpc) is 2.94. The molecule has 27 heavy (non-hydrogen) atoms. The number of benzene rings is 2. The zero-order valence-electron chi connectivity index (χ0n) is 14.7. The van der Waals surface area contributed by atoms with E-state index < -0.39 is 23.9 Å². The summed E-state index contributed by atoms with van der Waals surface area (Å²) in [7, 11) is 0. The minimum absolute atomic E-state index is 0.195. The van der Waals surface area contributed by atoms with Crippen molar-refractivity contribution in [2.45, 2.75) is 25.4 Å². The summed E-state index contributed by atoms with van der Waals surface area (Å²) in [6.07, 6.45) is 1.13. The molecule has 0 unspecified atom stereocenters. The lowest BCUT2D eigenvalue weighted by Crippen LogP contribution is -2.41. The van der Waals surface area contributed by atoms with E-state index in [1.165, 1.54) is 12.1 Å². The third kappa shape index (κ3) is 4.91. The van der Waals surface area contributed by atoms with Gasteiger partial charge in [0, 0.05) is 6.54 Å². The van der Waals surface area contributed by atoms with Crippen molar-refractivity contribution >= 4 is 17.8 Å². The van der Waals surface area contributed by atoms with Crippen molar-refractivity contribution in [2.24, 2.45) is 0 Å². The number of hydrogen-bond donors (Lipinski definition) is 2. The standard InChI is InChI=1S/C20H20FN3O3/c21-16-9-6-15(7-10-16)12-22-18(25)13-24-19(26)17(23-20(24)27)11-8-14-4-2-1-3-5-14/h1-7,9-10,17H,8,11-13H2,(H,22,25)(H,23,27)/t17-/m0/s1. The molecule has 2 aromatic carbocycles. The molecular formula is C20H20FN3O3. The molecule has 0 spiro atoms. The monoisotopic (exact) mass is 369 g/mol. The second-order valence-corrected chi connectivity index (χ2v) is 6.35. The highest BCUT2D eigenvalue weighted by Gasteiger charge is 2.38. The molecule has 7 heteroatoms. The van der Waals surface area contributed by atoms with E-state index in [9.17, 15) is 18.8 Å². The number of hydrogen-bond acceptors (Lipinski definition) is 3. The Morgan fingerprint density at radius 3 is 2.44 bits per heavy atom. The van der Waals surface area contributed by atoms with Gasteiger partial charge in [-0.2, -0.15) is 0 Å². The van der Waals surface area contributed by atoms with Crippen LogP contribution in [0.5, 0.6) is 0 Å². The van der Waals surface area contributed by atoms with Gasteiger partial charge in [-0.05, 0) is 36.1 Å². The van der Waals surface area contributed by atoms with Gasteiger partial charge >= 0.3 is 6.03 Å². The Morgan fingerprint density at radius 2 is 1.74 bits per heavy atom. The summed E-state index contributed by atoms with van der Waals surface area (Å²) in [6.45, 7) is -0.145. The minimum Gasteiger partial charge on any atom is -0.350 e. The van der Waals surface area contributed by atoms with E-state index in [1.54, 1.807) is 12.1 Å². The molecule has 0 bridgehead atoms. The van der Waals surface area contributed by atoms with Gasteiger partial charge < -0.3 is 10.6 Å².